The first kappa shape index (κ1) is 103. The van der Waals surface area contributed by atoms with Crippen molar-refractivity contribution < 1.29 is 102 Å². The molecule has 40 nitrogen and oxygen atoms in total. The minimum atomic E-state index is -2.03. The number of aliphatic carboxylic acids is 1. The van der Waals surface area contributed by atoms with Crippen LogP contribution in [-0.4, -0.2) is 243 Å². The number of rotatable bonds is 32. The molecular weight excluding hydrogens is 1660 g/mol. The summed E-state index contributed by atoms with van der Waals surface area (Å²) in [6, 6.07) is 3.83. The summed E-state index contributed by atoms with van der Waals surface area (Å²) in [6.07, 6.45) is 0.245. The van der Waals surface area contributed by atoms with E-state index in [1.165, 1.54) is 78.9 Å². The summed E-state index contributed by atoms with van der Waals surface area (Å²) in [4.78, 5) is 229. The fourth-order valence-electron chi connectivity index (χ4n) is 15.2. The third kappa shape index (κ3) is 31.7. The number of hydrogen-bond acceptors (Lipinski definition) is 24. The highest BCUT2D eigenvalue weighted by molar-refractivity contribution is 6.41. The third-order valence-electron chi connectivity index (χ3n) is 23.1. The molecule has 2 aromatic heterocycles. The number of nitrogens with zero attached hydrogens (tertiary/aromatic N) is 3. The summed E-state index contributed by atoms with van der Waals surface area (Å²) in [5, 5.41) is 99.1. The average molecular weight is 1790 g/mol. The van der Waals surface area contributed by atoms with Gasteiger partial charge in [-0.25, -0.2) is 4.68 Å². The van der Waals surface area contributed by atoms with Crippen molar-refractivity contribution in [3.05, 3.63) is 114 Å². The fraction of sp³-hybridized carbons (Fsp3) is 0.568. The van der Waals surface area contributed by atoms with Crippen molar-refractivity contribution in [2.24, 2.45) is 29.2 Å². The fourth-order valence-corrected chi connectivity index (χ4v) is 15.2. The number of aryl methyl sites for hydroxylation is 2. The van der Waals surface area contributed by atoms with Crippen molar-refractivity contribution in [2.75, 3.05) is 13.2 Å². The predicted octanol–water partition coefficient (Wildman–Crippen LogP) is -1.11. The molecule has 2 aliphatic rings. The molecule has 1 aliphatic carbocycles. The highest BCUT2D eigenvalue weighted by Gasteiger charge is 2.44. The molecule has 23 N–H and O–H groups in total. The number of primary amides is 2. The Morgan fingerprint density at radius 3 is 1.90 bits per heavy atom. The lowest BCUT2D eigenvalue weighted by molar-refractivity contribution is -0.140. The quantitative estimate of drug-likeness (QED) is 0.0227. The maximum Gasteiger partial charge on any atom is 0.303 e. The number of carbonyl (C=O) groups excluding carboxylic acids is 15. The molecule has 13 amide bonds. The Balaban J connectivity index is 1.31. The number of aliphatic hydroxyl groups is 3. The van der Waals surface area contributed by atoms with Crippen LogP contribution in [0.3, 0.4) is 0 Å². The SMILES string of the molecule is CC(=O)N[C@@H](CC(C)C)C(=O)N[C@H](C(=O)N[C@@H](Cc1ccccc1)C(=O)N[C@]1(C)CCCCCCn2nncc2CCC[C@@](C)(C(=O)NC(CO)C(=O)N[C@@H](C)C(=O)NC(C)C(N)=O)NC(=O)[C@H](CC2CCC2)CN[C@@H](CCC(N)=O)C(=O)C(=O)C(C)NC(=O)[C@H](Cc2c[nH]c3ccccc23)NC(=O)C(Cc2ccc(O)cc2)NC(=O)[C@H](CCC(=O)O)NC1O)[C@@H](C)O. The minimum Gasteiger partial charge on any atom is -0.508 e. The Morgan fingerprint density at radius 2 is 1.27 bits per heavy atom. The second kappa shape index (κ2) is 49.3. The summed E-state index contributed by atoms with van der Waals surface area (Å²) in [5.74, 6) is -17.0. The molecule has 16 atom stereocenters. The summed E-state index contributed by atoms with van der Waals surface area (Å²) in [6.45, 7) is 11.6. The number of nitrogens with two attached hydrogens (primary N) is 2. The monoisotopic (exact) mass is 1790 g/mol. The number of ketones is 2. The second-order valence-electron chi connectivity index (χ2n) is 34.4. The molecular formula is C88H127N19O21. The number of hydrogen-bond donors (Lipinski definition) is 21. The number of aliphatic hydroxyl groups excluding tert-OH is 3. The van der Waals surface area contributed by atoms with Gasteiger partial charge in [0.15, 0.2) is 0 Å². The average Bonchev–Trinajstić information content (AvgIpc) is 0.998. The molecule has 3 heterocycles. The molecule has 700 valence electrons. The molecule has 1 saturated carbocycles. The maximum absolute atomic E-state index is 15.4. The van der Waals surface area contributed by atoms with Gasteiger partial charge in [0.25, 0.3) is 0 Å². The molecule has 5 unspecified atom stereocenters. The van der Waals surface area contributed by atoms with Crippen LogP contribution in [-0.2, 0) is 109 Å². The zero-order valence-electron chi connectivity index (χ0n) is 73.9. The molecule has 40 heteroatoms. The number of para-hydroxylation sites is 1. The molecule has 0 radical (unpaired) electrons. The number of H-pyrrole nitrogens is 1. The van der Waals surface area contributed by atoms with E-state index in [4.69, 9.17) is 11.5 Å². The third-order valence-corrected chi connectivity index (χ3v) is 23.1. The van der Waals surface area contributed by atoms with Crippen LogP contribution in [0.15, 0.2) is 91.3 Å². The van der Waals surface area contributed by atoms with Crippen LogP contribution < -0.4 is 80.6 Å². The lowest BCUT2D eigenvalue weighted by Crippen LogP contribution is -2.66. The van der Waals surface area contributed by atoms with E-state index in [9.17, 15) is 73.5 Å². The Hall–Kier alpha value is -12.1. The van der Waals surface area contributed by atoms with E-state index in [2.05, 4.69) is 84.4 Å². The Bertz CT molecular complexity index is 4670. The Kier molecular flexibility index (Phi) is 39.6. The number of carbonyl (C=O) groups is 16. The van der Waals surface area contributed by atoms with Crippen molar-refractivity contribution in [3.8, 4) is 5.75 Å². The molecule has 0 saturated heterocycles. The van der Waals surface area contributed by atoms with Gasteiger partial charge in [0.2, 0.25) is 88.4 Å². The largest absolute Gasteiger partial charge is 0.508 e. The van der Waals surface area contributed by atoms with Gasteiger partial charge >= 0.3 is 5.97 Å². The first-order valence-corrected chi connectivity index (χ1v) is 43.5. The van der Waals surface area contributed by atoms with Gasteiger partial charge in [-0.05, 0) is 146 Å². The number of phenolic OH excluding ortho intramolecular Hbond substituents is 1. The number of aromatic amines is 1. The normalized spacial score (nSPS) is 23.1. The molecule has 0 bridgehead atoms. The molecule has 0 spiro atoms. The van der Waals surface area contributed by atoms with E-state index in [1.807, 2.05) is 13.8 Å². The summed E-state index contributed by atoms with van der Waals surface area (Å²) in [7, 11) is 0. The van der Waals surface area contributed by atoms with Crippen molar-refractivity contribution >= 4 is 105 Å². The van der Waals surface area contributed by atoms with E-state index < -0.39 is 222 Å². The van der Waals surface area contributed by atoms with Crippen molar-refractivity contribution in [1.82, 2.24) is 89.1 Å². The number of carboxylic acid groups (broad SMARTS) is 1. The van der Waals surface area contributed by atoms with Crippen molar-refractivity contribution in [2.45, 2.75) is 287 Å². The van der Waals surface area contributed by atoms with Gasteiger partial charge < -0.3 is 106 Å². The van der Waals surface area contributed by atoms with Gasteiger partial charge in [-0.3, -0.25) is 82.0 Å². The van der Waals surface area contributed by atoms with Crippen LogP contribution >= 0.6 is 0 Å². The van der Waals surface area contributed by atoms with Crippen LogP contribution in [0.5, 0.6) is 5.75 Å². The number of phenols is 1. The number of fused-ring (bicyclic) bond motifs is 2. The van der Waals surface area contributed by atoms with Gasteiger partial charge in [0.1, 0.15) is 65.9 Å². The van der Waals surface area contributed by atoms with Gasteiger partial charge in [-0.1, -0.05) is 118 Å². The first-order valence-electron chi connectivity index (χ1n) is 43.5. The van der Waals surface area contributed by atoms with E-state index >= 15 is 28.8 Å². The highest BCUT2D eigenvalue weighted by atomic mass is 16.4. The number of aromatic nitrogens is 4. The molecule has 128 heavy (non-hydrogen) atoms. The molecule has 3 aromatic carbocycles. The van der Waals surface area contributed by atoms with E-state index in [0.29, 0.717) is 65.4 Å². The number of nitrogens with one attached hydrogen (secondary N) is 14. The van der Waals surface area contributed by atoms with Crippen LogP contribution in [0.4, 0.5) is 0 Å². The zero-order chi connectivity index (χ0) is 94.3. The van der Waals surface area contributed by atoms with E-state index in [1.54, 1.807) is 65.5 Å². The number of Topliss-reactive ketones (excluding diaryl/α,β-unsaturated/α-hetero) is 2. The van der Waals surface area contributed by atoms with Crippen LogP contribution in [0.1, 0.15) is 187 Å². The lowest BCUT2D eigenvalue weighted by Gasteiger charge is -2.39. The van der Waals surface area contributed by atoms with Gasteiger partial charge in [-0.15, -0.1) is 5.10 Å². The Labute approximate surface area is 742 Å². The van der Waals surface area contributed by atoms with Gasteiger partial charge in [0.05, 0.1) is 54.2 Å². The molecule has 1 fully saturated rings. The van der Waals surface area contributed by atoms with E-state index in [0.717, 1.165) is 6.42 Å². The van der Waals surface area contributed by atoms with E-state index in [-0.39, 0.29) is 94.9 Å². The van der Waals surface area contributed by atoms with Gasteiger partial charge in [-0.2, -0.15) is 0 Å². The van der Waals surface area contributed by atoms with Crippen molar-refractivity contribution in [1.29, 1.82) is 0 Å². The predicted molar refractivity (Wildman–Crippen MR) is 466 cm³/mol. The summed E-state index contributed by atoms with van der Waals surface area (Å²) in [5.41, 5.74) is 9.59. The Morgan fingerprint density at radius 1 is 0.633 bits per heavy atom. The summed E-state index contributed by atoms with van der Waals surface area (Å²) < 4.78 is 1.62. The number of benzene rings is 3. The standard InChI is InChI=1S/C88H127N19O21/c1-48(2)39-65(97-53(7)110)81(123)103-72(52(6)109)84(126)100-67(41-55-21-13-12-14-22-55)83(125)105-87(8)36-17-10-11-18-38-107-59(46-93-106-107)25-20-37-88(9,86(128)102-69(47-108)82(124)96-51(5)76(118)95-50(4)75(90)117)104-77(119)58(40-54-23-19-24-54)45-92-63(32-34-70(89)112)74(116)73(115)49(3)94-79(121)68(43-57-44-91-62-27-16-15-26-61(57)62)99-80(122)66(42-56-28-30-60(111)31-29-56)98-78(120)64(101-85(87)127)33-35-71(113)114/h12-16,21-22,26-31,44,46,48-52,54,58,63-69,72,85,91-92,101,108-109,111,127H,10-11,17-20,23-25,32-43,45,47H2,1-9H3,(H2,89,112)(H2,90,117)(H,94,121)(H,95,118)(H,96,124)(H,97,110)(H,98,120)(H,99,122)(H,100,126)(H,102,128)(H,103,123)(H,104,119)(H,105,125)(H,113,114)/t49?,50?,51-,52+,58+,63-,64-,65-,66?,67-,68-,69?,72-,85?,87+,88-/m0/s1. The molecule has 7 rings (SSSR count). The maximum atomic E-state index is 15.4. The molecule has 5 aromatic rings. The van der Waals surface area contributed by atoms with Crippen LogP contribution in [0.2, 0.25) is 0 Å². The lowest BCUT2D eigenvalue weighted by atomic mass is 9.78. The van der Waals surface area contributed by atoms with Crippen LogP contribution in [0.25, 0.3) is 10.9 Å². The number of carboxylic acids is 1. The second-order valence-corrected chi connectivity index (χ2v) is 34.4. The topological polar surface area (TPSA) is 629 Å². The smallest absolute Gasteiger partial charge is 0.303 e. The number of amides is 13. The first-order chi connectivity index (χ1) is 60.6. The van der Waals surface area contributed by atoms with Gasteiger partial charge in [0, 0.05) is 69.2 Å². The summed E-state index contributed by atoms with van der Waals surface area (Å²) >= 11 is 0. The molecule has 1 aliphatic heterocycles. The van der Waals surface area contributed by atoms with Crippen molar-refractivity contribution in [3.63, 3.8) is 0 Å². The minimum absolute atomic E-state index is 0.0394. The van der Waals surface area contributed by atoms with Crippen LogP contribution in [0, 0.1) is 17.8 Å². The zero-order valence-corrected chi connectivity index (χ0v) is 73.9. The number of aromatic hydroxyl groups is 1. The highest BCUT2D eigenvalue weighted by Crippen LogP contribution is 2.33.